The third-order valence-corrected chi connectivity index (χ3v) is 4.85. The molecule has 3 N–H and O–H groups in total. The molecule has 1 atom stereocenters. The number of benzene rings is 2. The van der Waals surface area contributed by atoms with E-state index < -0.39 is 0 Å². The van der Waals surface area contributed by atoms with Gasteiger partial charge in [-0.1, -0.05) is 32.0 Å². The van der Waals surface area contributed by atoms with Crippen molar-refractivity contribution in [3.8, 4) is 11.5 Å². The van der Waals surface area contributed by atoms with Crippen molar-refractivity contribution in [3.05, 3.63) is 53.6 Å². The zero-order chi connectivity index (χ0) is 23.5. The Kier molecular flexibility index (Phi) is 9.85. The fourth-order valence-corrected chi connectivity index (χ4v) is 3.00. The SMILES string of the molecule is CCOc1ccc(C(C)NC(=NC)NCc2ccc(NC(=O)C(C)C)cc2)cc1OCC. The lowest BCUT2D eigenvalue weighted by Crippen LogP contribution is -2.38. The lowest BCUT2D eigenvalue weighted by molar-refractivity contribution is -0.118. The Morgan fingerprint density at radius 3 is 2.22 bits per heavy atom. The quantitative estimate of drug-likeness (QED) is 0.374. The summed E-state index contributed by atoms with van der Waals surface area (Å²) in [6.07, 6.45) is 0. The van der Waals surface area contributed by atoms with Crippen LogP contribution in [0.4, 0.5) is 5.69 Å². The molecule has 0 fully saturated rings. The smallest absolute Gasteiger partial charge is 0.226 e. The number of rotatable bonds is 10. The minimum absolute atomic E-state index is 0.0104. The van der Waals surface area contributed by atoms with Crippen LogP contribution in [0, 0.1) is 5.92 Å². The molecule has 1 amide bonds. The molecule has 0 spiro atoms. The predicted molar refractivity (Wildman–Crippen MR) is 130 cm³/mol. The standard InChI is InChI=1S/C25H36N4O3/c1-7-31-22-14-11-20(15-23(22)32-8-2)18(5)28-25(26-6)27-16-19-9-12-21(13-10-19)29-24(30)17(3)4/h9-15,17-18H,7-8,16H2,1-6H3,(H,29,30)(H2,26,27,28). The Balaban J connectivity index is 1.96. The van der Waals surface area contributed by atoms with E-state index in [4.69, 9.17) is 9.47 Å². The van der Waals surface area contributed by atoms with E-state index in [1.54, 1.807) is 7.05 Å². The van der Waals surface area contributed by atoms with Gasteiger partial charge >= 0.3 is 0 Å². The molecule has 0 heterocycles. The molecule has 32 heavy (non-hydrogen) atoms. The van der Waals surface area contributed by atoms with Gasteiger partial charge in [0.25, 0.3) is 0 Å². The highest BCUT2D eigenvalue weighted by Crippen LogP contribution is 2.30. The number of ether oxygens (including phenoxy) is 2. The third kappa shape index (κ3) is 7.48. The minimum Gasteiger partial charge on any atom is -0.490 e. The van der Waals surface area contributed by atoms with Crippen molar-refractivity contribution in [2.24, 2.45) is 10.9 Å². The lowest BCUT2D eigenvalue weighted by Gasteiger charge is -2.20. The molecule has 2 aromatic carbocycles. The van der Waals surface area contributed by atoms with Crippen LogP contribution in [-0.2, 0) is 11.3 Å². The number of hydrogen-bond donors (Lipinski definition) is 3. The van der Waals surface area contributed by atoms with E-state index in [0.29, 0.717) is 25.7 Å². The topological polar surface area (TPSA) is 84.0 Å². The van der Waals surface area contributed by atoms with Crippen molar-refractivity contribution in [2.45, 2.75) is 47.2 Å². The second-order valence-corrected chi connectivity index (χ2v) is 7.70. The molecule has 2 rings (SSSR count). The zero-order valence-electron chi connectivity index (χ0n) is 20.0. The number of amides is 1. The number of carbonyl (C=O) groups excluding carboxylic acids is 1. The molecule has 2 aromatic rings. The van der Waals surface area contributed by atoms with E-state index in [-0.39, 0.29) is 17.9 Å². The molecule has 0 bridgehead atoms. The summed E-state index contributed by atoms with van der Waals surface area (Å²) < 4.78 is 11.4. The maximum Gasteiger partial charge on any atom is 0.226 e. The zero-order valence-corrected chi connectivity index (χ0v) is 20.0. The molecule has 0 aliphatic carbocycles. The summed E-state index contributed by atoms with van der Waals surface area (Å²) in [5.74, 6) is 2.15. The summed E-state index contributed by atoms with van der Waals surface area (Å²) in [7, 11) is 1.75. The monoisotopic (exact) mass is 440 g/mol. The highest BCUT2D eigenvalue weighted by atomic mass is 16.5. The van der Waals surface area contributed by atoms with Crippen molar-refractivity contribution in [2.75, 3.05) is 25.6 Å². The van der Waals surface area contributed by atoms with Gasteiger partial charge < -0.3 is 25.4 Å². The van der Waals surface area contributed by atoms with Gasteiger partial charge in [-0.2, -0.15) is 0 Å². The van der Waals surface area contributed by atoms with Gasteiger partial charge in [0.2, 0.25) is 5.91 Å². The fourth-order valence-electron chi connectivity index (χ4n) is 3.00. The Hall–Kier alpha value is -3.22. The Morgan fingerprint density at radius 2 is 1.62 bits per heavy atom. The largest absolute Gasteiger partial charge is 0.490 e. The maximum absolute atomic E-state index is 11.8. The highest BCUT2D eigenvalue weighted by molar-refractivity contribution is 5.92. The maximum atomic E-state index is 11.8. The number of hydrogen-bond acceptors (Lipinski definition) is 4. The molecule has 0 aromatic heterocycles. The van der Waals surface area contributed by atoms with E-state index >= 15 is 0 Å². The number of nitrogens with zero attached hydrogens (tertiary/aromatic N) is 1. The summed E-state index contributed by atoms with van der Waals surface area (Å²) in [5, 5.41) is 9.64. The molecular weight excluding hydrogens is 404 g/mol. The molecule has 0 aliphatic heterocycles. The highest BCUT2D eigenvalue weighted by Gasteiger charge is 2.13. The molecule has 0 aliphatic rings. The first-order valence-corrected chi connectivity index (χ1v) is 11.1. The molecule has 7 nitrogen and oxygen atoms in total. The molecule has 7 heteroatoms. The van der Waals surface area contributed by atoms with Crippen LogP contribution in [0.1, 0.15) is 51.8 Å². The second kappa shape index (κ2) is 12.6. The van der Waals surface area contributed by atoms with Crippen LogP contribution in [0.25, 0.3) is 0 Å². The summed E-state index contributed by atoms with van der Waals surface area (Å²) in [6.45, 7) is 11.5. The van der Waals surface area contributed by atoms with Gasteiger partial charge in [0.1, 0.15) is 0 Å². The van der Waals surface area contributed by atoms with Crippen molar-refractivity contribution in [1.29, 1.82) is 0 Å². The first-order chi connectivity index (χ1) is 15.4. The molecule has 0 saturated heterocycles. The minimum atomic E-state index is -0.0484. The Labute approximate surface area is 191 Å². The van der Waals surface area contributed by atoms with E-state index in [1.807, 2.05) is 70.2 Å². The number of guanidine groups is 1. The van der Waals surface area contributed by atoms with E-state index in [9.17, 15) is 4.79 Å². The molecule has 0 saturated carbocycles. The van der Waals surface area contributed by atoms with Gasteiger partial charge in [-0.3, -0.25) is 9.79 Å². The Bertz CT molecular complexity index is 895. The fraction of sp³-hybridized carbons (Fsp3) is 0.440. The van der Waals surface area contributed by atoms with Crippen LogP contribution >= 0.6 is 0 Å². The van der Waals surface area contributed by atoms with Crippen LogP contribution in [-0.4, -0.2) is 32.1 Å². The third-order valence-electron chi connectivity index (χ3n) is 4.85. The number of carbonyl (C=O) groups is 1. The average molecular weight is 441 g/mol. The van der Waals surface area contributed by atoms with Crippen molar-refractivity contribution in [3.63, 3.8) is 0 Å². The summed E-state index contributed by atoms with van der Waals surface area (Å²) >= 11 is 0. The van der Waals surface area contributed by atoms with Gasteiger partial charge in [-0.05, 0) is 56.2 Å². The van der Waals surface area contributed by atoms with E-state index in [2.05, 4.69) is 27.9 Å². The van der Waals surface area contributed by atoms with Crippen LogP contribution in [0.3, 0.4) is 0 Å². The van der Waals surface area contributed by atoms with E-state index in [0.717, 1.165) is 28.3 Å². The number of nitrogens with one attached hydrogen (secondary N) is 3. The van der Waals surface area contributed by atoms with Gasteiger partial charge in [0, 0.05) is 25.2 Å². The summed E-state index contributed by atoms with van der Waals surface area (Å²) in [5.41, 5.74) is 2.96. The van der Waals surface area contributed by atoms with Crippen LogP contribution < -0.4 is 25.4 Å². The van der Waals surface area contributed by atoms with Crippen LogP contribution in [0.15, 0.2) is 47.5 Å². The molecule has 174 valence electrons. The predicted octanol–water partition coefficient (Wildman–Crippen LogP) is 4.50. The van der Waals surface area contributed by atoms with Crippen molar-refractivity contribution < 1.29 is 14.3 Å². The number of aliphatic imine (C=N–C) groups is 1. The van der Waals surface area contributed by atoms with Gasteiger partial charge in [0.15, 0.2) is 17.5 Å². The first kappa shape index (κ1) is 25.0. The van der Waals surface area contributed by atoms with Gasteiger partial charge in [-0.15, -0.1) is 0 Å². The summed E-state index contributed by atoms with van der Waals surface area (Å²) in [6, 6.07) is 13.8. The summed E-state index contributed by atoms with van der Waals surface area (Å²) in [4.78, 5) is 16.1. The first-order valence-electron chi connectivity index (χ1n) is 11.1. The van der Waals surface area contributed by atoms with Gasteiger partial charge in [-0.25, -0.2) is 0 Å². The molecule has 1 unspecified atom stereocenters. The average Bonchev–Trinajstić information content (AvgIpc) is 2.78. The van der Waals surface area contributed by atoms with Crippen LogP contribution in [0.2, 0.25) is 0 Å². The van der Waals surface area contributed by atoms with E-state index in [1.165, 1.54) is 0 Å². The number of anilines is 1. The van der Waals surface area contributed by atoms with Gasteiger partial charge in [0.05, 0.1) is 19.3 Å². The Morgan fingerprint density at radius 1 is 0.969 bits per heavy atom. The lowest BCUT2D eigenvalue weighted by atomic mass is 10.1. The van der Waals surface area contributed by atoms with Crippen molar-refractivity contribution >= 4 is 17.6 Å². The van der Waals surface area contributed by atoms with Crippen molar-refractivity contribution in [1.82, 2.24) is 10.6 Å². The molecule has 0 radical (unpaired) electrons. The molecular formula is C25H36N4O3. The second-order valence-electron chi connectivity index (χ2n) is 7.70. The normalized spacial score (nSPS) is 12.3. The van der Waals surface area contributed by atoms with Crippen LogP contribution in [0.5, 0.6) is 11.5 Å².